The van der Waals surface area contributed by atoms with Crippen LogP contribution in [0.25, 0.3) is 0 Å². The maximum atomic E-state index is 12.5. The summed E-state index contributed by atoms with van der Waals surface area (Å²) in [7, 11) is 0. The van der Waals surface area contributed by atoms with Crippen LogP contribution in [0.2, 0.25) is 0 Å². The van der Waals surface area contributed by atoms with E-state index in [2.05, 4.69) is 22.9 Å². The highest BCUT2D eigenvalue weighted by atomic mass is 32.1. The molecule has 1 aliphatic rings. The Balaban J connectivity index is 1.52. The monoisotopic (exact) mass is 411 g/mol. The van der Waals surface area contributed by atoms with Crippen LogP contribution in [0.1, 0.15) is 49.9 Å². The van der Waals surface area contributed by atoms with E-state index >= 15 is 0 Å². The van der Waals surface area contributed by atoms with Crippen LogP contribution in [0.4, 0.5) is 11.4 Å². The fourth-order valence-corrected chi connectivity index (χ4v) is 3.84. The SMILES string of the molecule is CCOc1ccc(NC(=O)c2ccc(NC(=S)N[C@H]3CCCC[C@H]3C)cc2)cc1. The summed E-state index contributed by atoms with van der Waals surface area (Å²) < 4.78 is 5.41. The van der Waals surface area contributed by atoms with Crippen molar-refractivity contribution in [2.75, 3.05) is 17.2 Å². The second-order valence-corrected chi connectivity index (χ2v) is 7.86. The molecule has 3 N–H and O–H groups in total. The Bertz CT molecular complexity index is 821. The van der Waals surface area contributed by atoms with Gasteiger partial charge in [-0.1, -0.05) is 19.8 Å². The molecule has 29 heavy (non-hydrogen) atoms. The van der Waals surface area contributed by atoms with Crippen LogP contribution in [-0.4, -0.2) is 23.7 Å². The number of carbonyl (C=O) groups excluding carboxylic acids is 1. The lowest BCUT2D eigenvalue weighted by Gasteiger charge is -2.30. The Labute approximate surface area is 178 Å². The van der Waals surface area contributed by atoms with Gasteiger partial charge in [0, 0.05) is 23.0 Å². The Morgan fingerprint density at radius 3 is 2.28 bits per heavy atom. The van der Waals surface area contributed by atoms with Gasteiger partial charge in [-0.05, 0) is 86.4 Å². The number of benzene rings is 2. The average Bonchev–Trinajstić information content (AvgIpc) is 2.72. The zero-order valence-electron chi connectivity index (χ0n) is 17.0. The number of anilines is 2. The van der Waals surface area contributed by atoms with Crippen molar-refractivity contribution in [2.45, 2.75) is 45.6 Å². The molecule has 0 bridgehead atoms. The highest BCUT2D eigenvalue weighted by Gasteiger charge is 2.21. The van der Waals surface area contributed by atoms with Crippen molar-refractivity contribution in [3.8, 4) is 5.75 Å². The minimum atomic E-state index is -0.155. The summed E-state index contributed by atoms with van der Waals surface area (Å²) in [5.41, 5.74) is 2.18. The van der Waals surface area contributed by atoms with Gasteiger partial charge in [-0.15, -0.1) is 0 Å². The van der Waals surface area contributed by atoms with Crippen LogP contribution in [0, 0.1) is 5.92 Å². The van der Waals surface area contributed by atoms with Crippen LogP contribution in [0.3, 0.4) is 0 Å². The van der Waals surface area contributed by atoms with E-state index in [1.807, 2.05) is 43.3 Å². The molecule has 0 saturated heterocycles. The molecule has 0 unspecified atom stereocenters. The first-order valence-corrected chi connectivity index (χ1v) is 10.7. The molecule has 6 heteroatoms. The summed E-state index contributed by atoms with van der Waals surface area (Å²) in [5, 5.41) is 10.2. The van der Waals surface area contributed by atoms with Crippen molar-refractivity contribution < 1.29 is 9.53 Å². The number of ether oxygens (including phenoxy) is 1. The van der Waals surface area contributed by atoms with Gasteiger partial charge in [0.15, 0.2) is 5.11 Å². The molecule has 1 fully saturated rings. The lowest BCUT2D eigenvalue weighted by molar-refractivity contribution is 0.102. The molecule has 2 atom stereocenters. The summed E-state index contributed by atoms with van der Waals surface area (Å²) in [6.07, 6.45) is 4.97. The van der Waals surface area contributed by atoms with Gasteiger partial charge in [0.05, 0.1) is 6.61 Å². The maximum absolute atomic E-state index is 12.5. The summed E-state index contributed by atoms with van der Waals surface area (Å²) in [5.74, 6) is 1.27. The van der Waals surface area contributed by atoms with Crippen LogP contribution >= 0.6 is 12.2 Å². The van der Waals surface area contributed by atoms with Crippen molar-refractivity contribution in [1.82, 2.24) is 5.32 Å². The van der Waals surface area contributed by atoms with E-state index in [4.69, 9.17) is 17.0 Å². The van der Waals surface area contributed by atoms with Crippen LogP contribution in [-0.2, 0) is 0 Å². The molecule has 1 saturated carbocycles. The third-order valence-corrected chi connectivity index (χ3v) is 5.48. The molecule has 2 aromatic carbocycles. The number of carbonyl (C=O) groups is 1. The number of amides is 1. The van der Waals surface area contributed by atoms with Crippen LogP contribution < -0.4 is 20.7 Å². The van der Waals surface area contributed by atoms with Gasteiger partial charge in [0.25, 0.3) is 5.91 Å². The molecule has 0 spiro atoms. The quantitative estimate of drug-likeness (QED) is 0.570. The van der Waals surface area contributed by atoms with Gasteiger partial charge < -0.3 is 20.7 Å². The van der Waals surface area contributed by atoms with Crippen LogP contribution in [0.15, 0.2) is 48.5 Å². The molecule has 0 radical (unpaired) electrons. The summed E-state index contributed by atoms with van der Waals surface area (Å²) >= 11 is 5.46. The van der Waals surface area contributed by atoms with E-state index in [1.165, 1.54) is 19.3 Å². The van der Waals surface area contributed by atoms with Crippen molar-refractivity contribution in [3.63, 3.8) is 0 Å². The molecule has 0 aromatic heterocycles. The summed E-state index contributed by atoms with van der Waals surface area (Å²) in [6.45, 7) is 4.83. The molecule has 5 nitrogen and oxygen atoms in total. The number of rotatable bonds is 6. The lowest BCUT2D eigenvalue weighted by atomic mass is 9.86. The predicted octanol–water partition coefficient (Wildman–Crippen LogP) is 5.20. The average molecular weight is 412 g/mol. The standard InChI is InChI=1S/C23H29N3O2S/c1-3-28-20-14-12-18(13-15-20)24-22(27)17-8-10-19(11-9-17)25-23(29)26-21-7-5-4-6-16(21)2/h8-16,21H,3-7H2,1-2H3,(H,24,27)(H2,25,26,29)/t16-,21+/m1/s1. The molecule has 0 aliphatic heterocycles. The first kappa shape index (κ1) is 21.1. The minimum absolute atomic E-state index is 0.155. The van der Waals surface area contributed by atoms with Crippen molar-refractivity contribution in [2.24, 2.45) is 5.92 Å². The minimum Gasteiger partial charge on any atom is -0.494 e. The normalized spacial score (nSPS) is 18.6. The zero-order valence-corrected chi connectivity index (χ0v) is 17.9. The van der Waals surface area contributed by atoms with E-state index in [0.29, 0.717) is 29.2 Å². The molecule has 2 aromatic rings. The fraction of sp³-hybridized carbons (Fsp3) is 0.391. The van der Waals surface area contributed by atoms with Gasteiger partial charge in [-0.2, -0.15) is 0 Å². The molecular weight excluding hydrogens is 382 g/mol. The summed E-state index contributed by atoms with van der Waals surface area (Å²) in [4.78, 5) is 12.5. The van der Waals surface area contributed by atoms with E-state index in [9.17, 15) is 4.79 Å². The third kappa shape index (κ3) is 6.19. The second-order valence-electron chi connectivity index (χ2n) is 7.46. The zero-order chi connectivity index (χ0) is 20.6. The van der Waals surface area contributed by atoms with Gasteiger partial charge in [0.1, 0.15) is 5.75 Å². The first-order chi connectivity index (χ1) is 14.0. The number of thiocarbonyl (C=S) groups is 1. The smallest absolute Gasteiger partial charge is 0.255 e. The fourth-order valence-electron chi connectivity index (χ4n) is 3.58. The molecule has 154 valence electrons. The van der Waals surface area contributed by atoms with Gasteiger partial charge in [0.2, 0.25) is 0 Å². The van der Waals surface area contributed by atoms with Gasteiger partial charge >= 0.3 is 0 Å². The highest BCUT2D eigenvalue weighted by Crippen LogP contribution is 2.24. The molecular formula is C23H29N3O2S. The van der Waals surface area contributed by atoms with Crippen molar-refractivity contribution >= 4 is 34.6 Å². The Morgan fingerprint density at radius 2 is 1.62 bits per heavy atom. The number of hydrogen-bond donors (Lipinski definition) is 3. The largest absolute Gasteiger partial charge is 0.494 e. The Hall–Kier alpha value is -2.60. The van der Waals surface area contributed by atoms with E-state index in [1.54, 1.807) is 12.1 Å². The maximum Gasteiger partial charge on any atom is 0.255 e. The number of hydrogen-bond acceptors (Lipinski definition) is 3. The molecule has 0 heterocycles. The second kappa shape index (κ2) is 10.3. The van der Waals surface area contributed by atoms with E-state index < -0.39 is 0 Å². The van der Waals surface area contributed by atoms with Gasteiger partial charge in [-0.3, -0.25) is 4.79 Å². The van der Waals surface area contributed by atoms with Gasteiger partial charge in [-0.25, -0.2) is 0 Å². The third-order valence-electron chi connectivity index (χ3n) is 5.26. The predicted molar refractivity (Wildman–Crippen MR) is 123 cm³/mol. The lowest BCUT2D eigenvalue weighted by Crippen LogP contribution is -2.43. The number of nitrogens with one attached hydrogen (secondary N) is 3. The van der Waals surface area contributed by atoms with Crippen molar-refractivity contribution in [3.05, 3.63) is 54.1 Å². The first-order valence-electron chi connectivity index (χ1n) is 10.3. The molecule has 3 rings (SSSR count). The summed E-state index contributed by atoms with van der Waals surface area (Å²) in [6, 6.07) is 15.1. The Kier molecular flexibility index (Phi) is 7.47. The topological polar surface area (TPSA) is 62.4 Å². The molecule has 1 amide bonds. The van der Waals surface area contributed by atoms with Crippen LogP contribution in [0.5, 0.6) is 5.75 Å². The Morgan fingerprint density at radius 1 is 1.00 bits per heavy atom. The molecule has 1 aliphatic carbocycles. The van der Waals surface area contributed by atoms with Crippen molar-refractivity contribution in [1.29, 1.82) is 0 Å². The van der Waals surface area contributed by atoms with E-state index in [-0.39, 0.29) is 5.91 Å². The highest BCUT2D eigenvalue weighted by molar-refractivity contribution is 7.80. The van der Waals surface area contributed by atoms with E-state index in [0.717, 1.165) is 23.5 Å².